The number of aliphatic hydroxyl groups is 2. The Morgan fingerprint density at radius 3 is 2.00 bits per heavy atom. The SMILES string of the molecule is O=C(O)C[C@@](O)(CCO)C(F)(F)F. The maximum Gasteiger partial charge on any atom is 0.417 e. The van der Waals surface area contributed by atoms with E-state index in [4.69, 9.17) is 15.3 Å². The van der Waals surface area contributed by atoms with Crippen molar-refractivity contribution in [2.75, 3.05) is 6.61 Å². The molecular formula is C6H9F3O4. The molecule has 0 bridgehead atoms. The second-order valence-electron chi connectivity index (χ2n) is 2.57. The Bertz CT molecular complexity index is 191. The molecule has 0 aliphatic carbocycles. The summed E-state index contributed by atoms with van der Waals surface area (Å²) in [4.78, 5) is 9.99. The second kappa shape index (κ2) is 3.93. The molecule has 0 radical (unpaired) electrons. The van der Waals surface area contributed by atoms with Gasteiger partial charge in [-0.25, -0.2) is 0 Å². The van der Waals surface area contributed by atoms with E-state index in [2.05, 4.69) is 0 Å². The third-order valence-corrected chi connectivity index (χ3v) is 1.50. The zero-order chi connectivity index (χ0) is 10.7. The van der Waals surface area contributed by atoms with Gasteiger partial charge in [-0.1, -0.05) is 0 Å². The van der Waals surface area contributed by atoms with E-state index in [0.29, 0.717) is 0 Å². The van der Waals surface area contributed by atoms with Gasteiger partial charge in [0.25, 0.3) is 0 Å². The van der Waals surface area contributed by atoms with Crippen LogP contribution in [-0.4, -0.2) is 39.7 Å². The van der Waals surface area contributed by atoms with Crippen LogP contribution in [0.3, 0.4) is 0 Å². The van der Waals surface area contributed by atoms with Crippen molar-refractivity contribution < 1.29 is 33.3 Å². The molecule has 78 valence electrons. The van der Waals surface area contributed by atoms with E-state index < -0.39 is 37.2 Å². The predicted molar refractivity (Wildman–Crippen MR) is 35.0 cm³/mol. The third-order valence-electron chi connectivity index (χ3n) is 1.50. The maximum atomic E-state index is 12.0. The van der Waals surface area contributed by atoms with Crippen LogP contribution in [0.1, 0.15) is 12.8 Å². The van der Waals surface area contributed by atoms with Crippen molar-refractivity contribution in [2.24, 2.45) is 0 Å². The van der Waals surface area contributed by atoms with Crippen LogP contribution >= 0.6 is 0 Å². The number of carboxylic acid groups (broad SMARTS) is 1. The Hall–Kier alpha value is -0.820. The lowest BCUT2D eigenvalue weighted by molar-refractivity contribution is -0.266. The summed E-state index contributed by atoms with van der Waals surface area (Å²) >= 11 is 0. The summed E-state index contributed by atoms with van der Waals surface area (Å²) in [5.41, 5.74) is -3.34. The Balaban J connectivity index is 4.62. The predicted octanol–water partition coefficient (Wildman–Crippen LogP) is 0.137. The number of aliphatic carboxylic acids is 1. The van der Waals surface area contributed by atoms with E-state index in [0.717, 1.165) is 0 Å². The van der Waals surface area contributed by atoms with E-state index in [9.17, 15) is 18.0 Å². The summed E-state index contributed by atoms with van der Waals surface area (Å²) in [5, 5.41) is 25.2. The lowest BCUT2D eigenvalue weighted by Crippen LogP contribution is -2.47. The molecule has 13 heavy (non-hydrogen) atoms. The van der Waals surface area contributed by atoms with Gasteiger partial charge in [0.2, 0.25) is 0 Å². The highest BCUT2D eigenvalue weighted by Gasteiger charge is 2.54. The number of carbonyl (C=O) groups is 1. The largest absolute Gasteiger partial charge is 0.481 e. The van der Waals surface area contributed by atoms with E-state index in [1.807, 2.05) is 0 Å². The first kappa shape index (κ1) is 12.2. The van der Waals surface area contributed by atoms with E-state index in [1.165, 1.54) is 0 Å². The van der Waals surface area contributed by atoms with Crippen LogP contribution in [0.4, 0.5) is 13.2 Å². The topological polar surface area (TPSA) is 77.8 Å². The number of carboxylic acids is 1. The molecule has 0 amide bonds. The average Bonchev–Trinajstić information content (AvgIpc) is 1.82. The molecule has 0 spiro atoms. The normalized spacial score (nSPS) is 16.7. The van der Waals surface area contributed by atoms with Crippen LogP contribution in [0.5, 0.6) is 0 Å². The number of halogens is 3. The van der Waals surface area contributed by atoms with E-state index >= 15 is 0 Å². The minimum Gasteiger partial charge on any atom is -0.481 e. The van der Waals surface area contributed by atoms with Gasteiger partial charge in [-0.3, -0.25) is 4.79 Å². The fourth-order valence-corrected chi connectivity index (χ4v) is 0.765. The van der Waals surface area contributed by atoms with Crippen LogP contribution in [0.25, 0.3) is 0 Å². The summed E-state index contributed by atoms with van der Waals surface area (Å²) in [6.45, 7) is -0.927. The molecule has 4 nitrogen and oxygen atoms in total. The average molecular weight is 202 g/mol. The lowest BCUT2D eigenvalue weighted by Gasteiger charge is -2.28. The molecule has 1 atom stereocenters. The van der Waals surface area contributed by atoms with Gasteiger partial charge in [-0.05, 0) is 0 Å². The lowest BCUT2D eigenvalue weighted by atomic mass is 9.95. The van der Waals surface area contributed by atoms with Gasteiger partial charge in [-0.2, -0.15) is 13.2 Å². The Labute approximate surface area is 71.6 Å². The molecule has 0 rings (SSSR count). The van der Waals surface area contributed by atoms with Crippen LogP contribution in [0, 0.1) is 0 Å². The molecule has 0 aliphatic rings. The zero-order valence-electron chi connectivity index (χ0n) is 6.51. The van der Waals surface area contributed by atoms with Crippen molar-refractivity contribution in [1.29, 1.82) is 0 Å². The molecule has 0 aliphatic heterocycles. The summed E-state index contributed by atoms with van der Waals surface area (Å²) in [7, 11) is 0. The van der Waals surface area contributed by atoms with Crippen molar-refractivity contribution in [3.63, 3.8) is 0 Å². The molecule has 0 heterocycles. The molecular weight excluding hydrogens is 193 g/mol. The summed E-state index contributed by atoms with van der Waals surface area (Å²) in [6, 6.07) is 0. The molecule has 0 aromatic rings. The fourth-order valence-electron chi connectivity index (χ4n) is 0.765. The Kier molecular flexibility index (Phi) is 3.68. The maximum absolute atomic E-state index is 12.0. The van der Waals surface area contributed by atoms with Crippen molar-refractivity contribution >= 4 is 5.97 Å². The first-order valence-electron chi connectivity index (χ1n) is 3.35. The molecule has 0 saturated carbocycles. The number of alkyl halides is 3. The van der Waals surface area contributed by atoms with Gasteiger partial charge >= 0.3 is 12.1 Å². The van der Waals surface area contributed by atoms with Gasteiger partial charge in [0, 0.05) is 13.0 Å². The minimum absolute atomic E-state index is 0.927. The monoisotopic (exact) mass is 202 g/mol. The smallest absolute Gasteiger partial charge is 0.417 e. The highest BCUT2D eigenvalue weighted by atomic mass is 19.4. The van der Waals surface area contributed by atoms with Crippen molar-refractivity contribution in [1.82, 2.24) is 0 Å². The quantitative estimate of drug-likeness (QED) is 0.605. The third kappa shape index (κ3) is 3.19. The first-order valence-corrected chi connectivity index (χ1v) is 3.35. The molecule has 0 unspecified atom stereocenters. The molecule has 0 fully saturated rings. The van der Waals surface area contributed by atoms with Crippen molar-refractivity contribution in [3.8, 4) is 0 Å². The molecule has 0 saturated heterocycles. The van der Waals surface area contributed by atoms with E-state index in [-0.39, 0.29) is 0 Å². The Morgan fingerprint density at radius 2 is 1.77 bits per heavy atom. The number of hydrogen-bond donors (Lipinski definition) is 3. The van der Waals surface area contributed by atoms with Crippen LogP contribution in [-0.2, 0) is 4.79 Å². The summed E-state index contributed by atoms with van der Waals surface area (Å²) < 4.78 is 36.1. The van der Waals surface area contributed by atoms with Crippen molar-refractivity contribution in [2.45, 2.75) is 24.6 Å². The number of aliphatic hydroxyl groups excluding tert-OH is 1. The van der Waals surface area contributed by atoms with Gasteiger partial charge in [0.05, 0.1) is 6.42 Å². The minimum atomic E-state index is -5.05. The summed E-state index contributed by atoms with van der Waals surface area (Å²) in [6.07, 6.45) is -7.55. The summed E-state index contributed by atoms with van der Waals surface area (Å²) in [5.74, 6) is -1.77. The van der Waals surface area contributed by atoms with Crippen LogP contribution < -0.4 is 0 Å². The van der Waals surface area contributed by atoms with Gasteiger partial charge < -0.3 is 15.3 Å². The second-order valence-corrected chi connectivity index (χ2v) is 2.57. The number of rotatable bonds is 4. The molecule has 0 aromatic carbocycles. The highest BCUT2D eigenvalue weighted by Crippen LogP contribution is 2.35. The molecule has 7 heteroatoms. The Morgan fingerprint density at radius 1 is 1.31 bits per heavy atom. The standard InChI is InChI=1S/C6H9F3O4/c7-6(8,9)5(13,1-2-10)3-4(11)12/h10,13H,1-3H2,(H,11,12)/t5-/m0/s1. The van der Waals surface area contributed by atoms with Crippen molar-refractivity contribution in [3.05, 3.63) is 0 Å². The molecule has 0 aromatic heterocycles. The molecule has 3 N–H and O–H groups in total. The zero-order valence-corrected chi connectivity index (χ0v) is 6.51. The fraction of sp³-hybridized carbons (Fsp3) is 0.833. The van der Waals surface area contributed by atoms with Gasteiger partial charge in [0.15, 0.2) is 5.60 Å². The van der Waals surface area contributed by atoms with Gasteiger partial charge in [-0.15, -0.1) is 0 Å². The van der Waals surface area contributed by atoms with Crippen LogP contribution in [0.2, 0.25) is 0 Å². The highest BCUT2D eigenvalue weighted by molar-refractivity contribution is 5.68. The first-order chi connectivity index (χ1) is 5.73. The number of hydrogen-bond acceptors (Lipinski definition) is 3. The van der Waals surface area contributed by atoms with E-state index in [1.54, 1.807) is 0 Å². The van der Waals surface area contributed by atoms with Crippen LogP contribution in [0.15, 0.2) is 0 Å². The van der Waals surface area contributed by atoms with Gasteiger partial charge in [0.1, 0.15) is 0 Å².